The number of amides is 3. The molecule has 3 amide bonds. The summed E-state index contributed by atoms with van der Waals surface area (Å²) in [7, 11) is 1.57. The standard InChI is InChI=1S/C31H39N3O5S/c1-8-21-9-11-22(12-10-21)27(28(35)32-23-13-15-24(38-6)16-14-23)34(26-19-20(26)2)29(36)25(17-18-40-7)33-30(37)39-31(3,4)5/h1,9-16,20,25-27H,17-19H2,2-7H3,(H,32,35)(H,33,37). The van der Waals surface area contributed by atoms with Crippen molar-refractivity contribution in [2.45, 2.75) is 64.3 Å². The van der Waals surface area contributed by atoms with E-state index in [0.29, 0.717) is 34.7 Å². The number of hydrogen-bond donors (Lipinski definition) is 2. The van der Waals surface area contributed by atoms with Crippen LogP contribution < -0.4 is 15.4 Å². The van der Waals surface area contributed by atoms with E-state index in [-0.39, 0.29) is 23.8 Å². The number of alkyl carbamates (subject to hydrolysis) is 1. The summed E-state index contributed by atoms with van der Waals surface area (Å²) in [5.41, 5.74) is 1.14. The van der Waals surface area contributed by atoms with Gasteiger partial charge in [0.1, 0.15) is 23.4 Å². The smallest absolute Gasteiger partial charge is 0.408 e. The van der Waals surface area contributed by atoms with Crippen molar-refractivity contribution in [3.05, 3.63) is 59.7 Å². The van der Waals surface area contributed by atoms with Crippen LogP contribution in [0.2, 0.25) is 0 Å². The fourth-order valence-electron chi connectivity index (χ4n) is 4.38. The Hall–Kier alpha value is -3.64. The van der Waals surface area contributed by atoms with Crippen LogP contribution in [0, 0.1) is 18.3 Å². The van der Waals surface area contributed by atoms with Crippen molar-refractivity contribution in [2.24, 2.45) is 5.92 Å². The maximum absolute atomic E-state index is 14.3. The summed E-state index contributed by atoms with van der Waals surface area (Å²) in [5, 5.41) is 5.74. The molecular weight excluding hydrogens is 526 g/mol. The van der Waals surface area contributed by atoms with Gasteiger partial charge in [0.05, 0.1) is 7.11 Å². The Balaban J connectivity index is 2.00. The molecule has 1 fully saturated rings. The van der Waals surface area contributed by atoms with Crippen molar-refractivity contribution in [1.29, 1.82) is 0 Å². The highest BCUT2D eigenvalue weighted by molar-refractivity contribution is 7.98. The molecule has 0 radical (unpaired) electrons. The second-order valence-corrected chi connectivity index (χ2v) is 11.9. The largest absolute Gasteiger partial charge is 0.497 e. The molecule has 4 atom stereocenters. The normalized spacial score (nSPS) is 17.5. The predicted octanol–water partition coefficient (Wildman–Crippen LogP) is 5.24. The van der Waals surface area contributed by atoms with E-state index in [1.165, 1.54) is 0 Å². The van der Waals surface area contributed by atoms with Gasteiger partial charge < -0.3 is 25.0 Å². The molecule has 0 aliphatic heterocycles. The number of terminal acetylenes is 1. The lowest BCUT2D eigenvalue weighted by atomic mass is 10.00. The number of carbonyl (C=O) groups is 3. The molecule has 0 bridgehead atoms. The number of thioether (sulfide) groups is 1. The van der Waals surface area contributed by atoms with Gasteiger partial charge in [0.2, 0.25) is 5.91 Å². The lowest BCUT2D eigenvalue weighted by Crippen LogP contribution is -2.53. The van der Waals surface area contributed by atoms with Crippen molar-refractivity contribution in [1.82, 2.24) is 10.2 Å². The van der Waals surface area contributed by atoms with Crippen LogP contribution in [0.4, 0.5) is 10.5 Å². The number of carbonyl (C=O) groups excluding carboxylic acids is 3. The molecule has 0 heterocycles. The van der Waals surface area contributed by atoms with E-state index in [1.54, 1.807) is 93.1 Å². The number of nitrogens with one attached hydrogen (secondary N) is 2. The maximum Gasteiger partial charge on any atom is 0.408 e. The number of anilines is 1. The minimum atomic E-state index is -0.950. The van der Waals surface area contributed by atoms with Crippen molar-refractivity contribution in [2.75, 3.05) is 24.4 Å². The molecule has 0 saturated heterocycles. The second-order valence-electron chi connectivity index (χ2n) is 10.9. The molecule has 8 nitrogen and oxygen atoms in total. The molecule has 40 heavy (non-hydrogen) atoms. The van der Waals surface area contributed by atoms with Gasteiger partial charge in [-0.1, -0.05) is 25.0 Å². The second kappa shape index (κ2) is 13.6. The first-order valence-electron chi connectivity index (χ1n) is 13.3. The van der Waals surface area contributed by atoms with Crippen molar-refractivity contribution in [3.8, 4) is 18.1 Å². The van der Waals surface area contributed by atoms with Crippen molar-refractivity contribution in [3.63, 3.8) is 0 Å². The Morgan fingerprint density at radius 1 is 1.12 bits per heavy atom. The molecule has 2 aromatic rings. The van der Waals surface area contributed by atoms with Gasteiger partial charge in [-0.25, -0.2) is 4.79 Å². The molecule has 0 aromatic heterocycles. The maximum atomic E-state index is 14.3. The Labute approximate surface area is 241 Å². The van der Waals surface area contributed by atoms with Gasteiger partial charge in [-0.2, -0.15) is 11.8 Å². The summed E-state index contributed by atoms with van der Waals surface area (Å²) in [6.07, 6.45) is 7.97. The topological polar surface area (TPSA) is 97.0 Å². The summed E-state index contributed by atoms with van der Waals surface area (Å²) in [4.78, 5) is 42.6. The van der Waals surface area contributed by atoms with Crippen LogP contribution in [0.5, 0.6) is 5.75 Å². The van der Waals surface area contributed by atoms with E-state index >= 15 is 0 Å². The van der Waals surface area contributed by atoms with Crippen LogP contribution in [-0.4, -0.2) is 59.6 Å². The third-order valence-electron chi connectivity index (χ3n) is 6.56. The lowest BCUT2D eigenvalue weighted by molar-refractivity contribution is -0.141. The van der Waals surface area contributed by atoms with Crippen LogP contribution in [0.25, 0.3) is 0 Å². The van der Waals surface area contributed by atoms with Gasteiger partial charge in [-0.3, -0.25) is 9.59 Å². The van der Waals surface area contributed by atoms with E-state index in [0.717, 1.165) is 6.42 Å². The molecule has 1 saturated carbocycles. The monoisotopic (exact) mass is 565 g/mol. The van der Waals surface area contributed by atoms with Gasteiger partial charge in [0, 0.05) is 17.3 Å². The first-order valence-corrected chi connectivity index (χ1v) is 14.7. The number of rotatable bonds is 11. The number of ether oxygens (including phenoxy) is 2. The van der Waals surface area contributed by atoms with Crippen LogP contribution in [0.3, 0.4) is 0 Å². The average molecular weight is 566 g/mol. The predicted molar refractivity (Wildman–Crippen MR) is 159 cm³/mol. The molecule has 0 spiro atoms. The zero-order valence-corrected chi connectivity index (χ0v) is 24.8. The molecular formula is C31H39N3O5S. The Kier molecular flexibility index (Phi) is 10.5. The van der Waals surface area contributed by atoms with Gasteiger partial charge in [-0.15, -0.1) is 6.42 Å². The molecule has 1 aliphatic rings. The Morgan fingerprint density at radius 3 is 2.25 bits per heavy atom. The molecule has 2 aromatic carbocycles. The zero-order chi connectivity index (χ0) is 29.4. The van der Waals surface area contributed by atoms with Crippen LogP contribution in [-0.2, 0) is 14.3 Å². The number of methoxy groups -OCH3 is 1. The lowest BCUT2D eigenvalue weighted by Gasteiger charge is -2.35. The minimum Gasteiger partial charge on any atom is -0.497 e. The zero-order valence-electron chi connectivity index (χ0n) is 24.0. The average Bonchev–Trinajstić information content (AvgIpc) is 3.64. The molecule has 1 aliphatic carbocycles. The van der Waals surface area contributed by atoms with E-state index in [9.17, 15) is 14.4 Å². The minimum absolute atomic E-state index is 0.163. The molecule has 214 valence electrons. The third kappa shape index (κ3) is 8.43. The van der Waals surface area contributed by atoms with E-state index < -0.39 is 23.8 Å². The highest BCUT2D eigenvalue weighted by atomic mass is 32.2. The fraction of sp³-hybridized carbons (Fsp3) is 0.452. The van der Waals surface area contributed by atoms with Crippen LogP contribution in [0.15, 0.2) is 48.5 Å². The summed E-state index contributed by atoms with van der Waals surface area (Å²) in [6.45, 7) is 7.34. The van der Waals surface area contributed by atoms with Crippen molar-refractivity contribution >= 4 is 35.4 Å². The Bertz CT molecular complexity index is 1220. The summed E-state index contributed by atoms with van der Waals surface area (Å²) < 4.78 is 10.7. The fourth-order valence-corrected chi connectivity index (χ4v) is 4.85. The highest BCUT2D eigenvalue weighted by Crippen LogP contribution is 2.41. The molecule has 2 N–H and O–H groups in total. The summed E-state index contributed by atoms with van der Waals surface area (Å²) >= 11 is 1.57. The SMILES string of the molecule is C#Cc1ccc(C(C(=O)Nc2ccc(OC)cc2)N(C(=O)C(CCSC)NC(=O)OC(C)(C)C)C2CC2C)cc1. The first-order chi connectivity index (χ1) is 19.0. The van der Waals surface area contributed by atoms with Gasteiger partial charge in [-0.05, 0) is 93.5 Å². The van der Waals surface area contributed by atoms with E-state index in [4.69, 9.17) is 15.9 Å². The first kappa shape index (κ1) is 30.9. The van der Waals surface area contributed by atoms with Crippen LogP contribution >= 0.6 is 11.8 Å². The highest BCUT2D eigenvalue weighted by Gasteiger charge is 2.48. The number of nitrogens with zero attached hydrogens (tertiary/aromatic N) is 1. The van der Waals surface area contributed by atoms with Gasteiger partial charge in [0.25, 0.3) is 5.91 Å². The number of benzene rings is 2. The van der Waals surface area contributed by atoms with E-state index in [2.05, 4.69) is 16.6 Å². The molecule has 4 unspecified atom stereocenters. The summed E-state index contributed by atoms with van der Waals surface area (Å²) in [6, 6.07) is 12.1. The molecule has 3 rings (SSSR count). The van der Waals surface area contributed by atoms with Crippen molar-refractivity contribution < 1.29 is 23.9 Å². The third-order valence-corrected chi connectivity index (χ3v) is 7.20. The van der Waals surface area contributed by atoms with E-state index in [1.807, 2.05) is 13.2 Å². The molecule has 9 heteroatoms. The van der Waals surface area contributed by atoms with Gasteiger partial charge >= 0.3 is 6.09 Å². The quantitative estimate of drug-likeness (QED) is 0.362. The van der Waals surface area contributed by atoms with Gasteiger partial charge in [0.15, 0.2) is 0 Å². The number of hydrogen-bond acceptors (Lipinski definition) is 6. The summed E-state index contributed by atoms with van der Waals surface area (Å²) in [5.74, 6) is 3.40. The Morgan fingerprint density at radius 2 is 1.75 bits per heavy atom. The van der Waals surface area contributed by atoms with Crippen LogP contribution in [0.1, 0.15) is 57.7 Å².